The Morgan fingerprint density at radius 2 is 2.00 bits per heavy atom. The number of thiocarbonyl (C=S) groups is 1. The van der Waals surface area contributed by atoms with Gasteiger partial charge in [0.15, 0.2) is 5.82 Å². The van der Waals surface area contributed by atoms with Crippen molar-refractivity contribution < 1.29 is 0 Å². The van der Waals surface area contributed by atoms with Gasteiger partial charge >= 0.3 is 0 Å². The molecule has 106 valence electrons. The fraction of sp³-hybridized carbons (Fsp3) is 0.133. The van der Waals surface area contributed by atoms with Crippen molar-refractivity contribution in [1.29, 1.82) is 0 Å². The largest absolute Gasteiger partial charge is 0.389 e. The molecule has 21 heavy (non-hydrogen) atoms. The summed E-state index contributed by atoms with van der Waals surface area (Å²) in [6.07, 6.45) is 3.59. The van der Waals surface area contributed by atoms with E-state index in [0.717, 1.165) is 28.3 Å². The molecule has 0 unspecified atom stereocenters. The summed E-state index contributed by atoms with van der Waals surface area (Å²) in [6.45, 7) is 1.97. The van der Waals surface area contributed by atoms with E-state index in [1.54, 1.807) is 6.20 Å². The molecule has 0 radical (unpaired) electrons. The highest BCUT2D eigenvalue weighted by Crippen LogP contribution is 2.26. The molecule has 0 saturated carbocycles. The quantitative estimate of drug-likeness (QED) is 0.752. The lowest BCUT2D eigenvalue weighted by molar-refractivity contribution is 0.917. The second-order valence-corrected chi connectivity index (χ2v) is 5.28. The van der Waals surface area contributed by atoms with Crippen LogP contribution in [-0.2, 0) is 0 Å². The Morgan fingerprint density at radius 3 is 2.67 bits per heavy atom. The van der Waals surface area contributed by atoms with E-state index >= 15 is 0 Å². The van der Waals surface area contributed by atoms with Gasteiger partial charge in [0.1, 0.15) is 10.5 Å². The van der Waals surface area contributed by atoms with Crippen molar-refractivity contribution in [2.24, 2.45) is 5.73 Å². The van der Waals surface area contributed by atoms with Crippen molar-refractivity contribution in [3.63, 3.8) is 0 Å². The average molecular weight is 297 g/mol. The molecule has 0 fully saturated rings. The summed E-state index contributed by atoms with van der Waals surface area (Å²) in [5.74, 6) is 0.848. The van der Waals surface area contributed by atoms with Gasteiger partial charge in [-0.2, -0.15) is 5.10 Å². The third kappa shape index (κ3) is 2.45. The van der Waals surface area contributed by atoms with E-state index in [2.05, 4.69) is 10.1 Å². The number of nitrogens with two attached hydrogens (primary N) is 1. The molecule has 2 aromatic heterocycles. The Bertz CT molecular complexity index is 807. The summed E-state index contributed by atoms with van der Waals surface area (Å²) in [4.78, 5) is 6.88. The molecule has 3 aromatic rings. The van der Waals surface area contributed by atoms with Gasteiger partial charge in [-0.05, 0) is 37.3 Å². The lowest BCUT2D eigenvalue weighted by Gasteiger charge is -2.19. The van der Waals surface area contributed by atoms with E-state index in [0.29, 0.717) is 4.99 Å². The van der Waals surface area contributed by atoms with Crippen molar-refractivity contribution in [3.05, 3.63) is 54.0 Å². The zero-order chi connectivity index (χ0) is 15.0. The number of hydrogen-bond acceptors (Lipinski definition) is 4. The van der Waals surface area contributed by atoms with Gasteiger partial charge in [-0.1, -0.05) is 12.2 Å². The second kappa shape index (κ2) is 5.14. The lowest BCUT2D eigenvalue weighted by atomic mass is 10.2. The van der Waals surface area contributed by atoms with Crippen molar-refractivity contribution in [2.45, 2.75) is 6.92 Å². The van der Waals surface area contributed by atoms with Gasteiger partial charge in [-0.15, -0.1) is 0 Å². The van der Waals surface area contributed by atoms with Crippen molar-refractivity contribution in [1.82, 2.24) is 14.6 Å². The van der Waals surface area contributed by atoms with Crippen LogP contribution in [0.4, 0.5) is 11.5 Å². The molecule has 2 heterocycles. The Kier molecular flexibility index (Phi) is 3.31. The molecule has 0 aliphatic rings. The van der Waals surface area contributed by atoms with E-state index in [4.69, 9.17) is 18.0 Å². The molecule has 5 nitrogen and oxygen atoms in total. The molecule has 0 aliphatic carbocycles. The molecule has 0 bridgehead atoms. The van der Waals surface area contributed by atoms with Crippen LogP contribution in [0.3, 0.4) is 0 Å². The highest BCUT2D eigenvalue weighted by Gasteiger charge is 2.11. The summed E-state index contributed by atoms with van der Waals surface area (Å²) in [6, 6.07) is 9.79. The van der Waals surface area contributed by atoms with Crippen LogP contribution in [0.5, 0.6) is 0 Å². The smallest absolute Gasteiger partial charge is 0.158 e. The second-order valence-electron chi connectivity index (χ2n) is 4.84. The Morgan fingerprint density at radius 1 is 1.29 bits per heavy atom. The van der Waals surface area contributed by atoms with Gasteiger partial charge in [0.05, 0.1) is 5.69 Å². The topological polar surface area (TPSA) is 59.5 Å². The number of fused-ring (bicyclic) bond motifs is 1. The van der Waals surface area contributed by atoms with Gasteiger partial charge in [0.2, 0.25) is 0 Å². The molecule has 0 spiro atoms. The molecule has 2 N–H and O–H groups in total. The minimum Gasteiger partial charge on any atom is -0.389 e. The molecule has 1 aromatic carbocycles. The molecule has 0 aliphatic heterocycles. The number of rotatable bonds is 3. The van der Waals surface area contributed by atoms with Crippen LogP contribution in [0.2, 0.25) is 0 Å². The number of benzene rings is 1. The normalized spacial score (nSPS) is 10.8. The first-order chi connectivity index (χ1) is 10.1. The minimum atomic E-state index is 0.399. The summed E-state index contributed by atoms with van der Waals surface area (Å²) in [7, 11) is 1.97. The van der Waals surface area contributed by atoms with Crippen LogP contribution < -0.4 is 10.6 Å². The lowest BCUT2D eigenvalue weighted by Crippen LogP contribution is -2.13. The van der Waals surface area contributed by atoms with Crippen LogP contribution in [0, 0.1) is 6.92 Å². The average Bonchev–Trinajstić information content (AvgIpc) is 2.86. The Labute approximate surface area is 128 Å². The number of aromatic nitrogens is 3. The van der Waals surface area contributed by atoms with Crippen molar-refractivity contribution >= 4 is 34.2 Å². The number of hydrogen-bond donors (Lipinski definition) is 1. The van der Waals surface area contributed by atoms with Gasteiger partial charge in [0.25, 0.3) is 0 Å². The first-order valence-corrected chi connectivity index (χ1v) is 6.91. The predicted octanol–water partition coefficient (Wildman–Crippen LogP) is 2.44. The van der Waals surface area contributed by atoms with Gasteiger partial charge in [0, 0.05) is 30.7 Å². The molecule has 6 heteroatoms. The zero-order valence-electron chi connectivity index (χ0n) is 11.8. The molecular formula is C15H15N5S. The maximum atomic E-state index is 5.62. The van der Waals surface area contributed by atoms with Crippen molar-refractivity contribution in [3.8, 4) is 0 Å². The Balaban J connectivity index is 2.03. The molecule has 0 atom stereocenters. The van der Waals surface area contributed by atoms with Crippen LogP contribution in [-0.4, -0.2) is 26.6 Å². The van der Waals surface area contributed by atoms with Crippen LogP contribution >= 0.6 is 12.2 Å². The fourth-order valence-corrected chi connectivity index (χ4v) is 2.40. The minimum absolute atomic E-state index is 0.399. The molecule has 0 saturated heterocycles. The predicted molar refractivity (Wildman–Crippen MR) is 88.1 cm³/mol. The molecule has 3 rings (SSSR count). The third-order valence-corrected chi connectivity index (χ3v) is 3.58. The molecular weight excluding hydrogens is 282 g/mol. The summed E-state index contributed by atoms with van der Waals surface area (Å²) in [5, 5.41) is 4.40. The number of aryl methyl sites for hydroxylation is 1. The number of anilines is 2. The van der Waals surface area contributed by atoms with Crippen LogP contribution in [0.1, 0.15) is 11.3 Å². The first-order valence-electron chi connectivity index (χ1n) is 6.51. The van der Waals surface area contributed by atoms with Crippen LogP contribution in [0.15, 0.2) is 42.7 Å². The van der Waals surface area contributed by atoms with Crippen molar-refractivity contribution in [2.75, 3.05) is 11.9 Å². The van der Waals surface area contributed by atoms with E-state index in [1.807, 2.05) is 59.9 Å². The van der Waals surface area contributed by atoms with Gasteiger partial charge in [-0.3, -0.25) is 0 Å². The van der Waals surface area contributed by atoms with E-state index in [9.17, 15) is 0 Å². The van der Waals surface area contributed by atoms with E-state index in [-0.39, 0.29) is 0 Å². The number of nitrogens with zero attached hydrogens (tertiary/aromatic N) is 4. The molecule has 0 amide bonds. The SMILES string of the molecule is Cc1cc2c(N(C)c3ccc(C(N)=S)cc3)nccn2n1. The summed E-state index contributed by atoms with van der Waals surface area (Å²) in [5.41, 5.74) is 9.41. The highest BCUT2D eigenvalue weighted by atomic mass is 32.1. The van der Waals surface area contributed by atoms with E-state index < -0.39 is 0 Å². The first kappa shape index (κ1) is 13.5. The summed E-state index contributed by atoms with van der Waals surface area (Å²) >= 11 is 4.97. The zero-order valence-corrected chi connectivity index (χ0v) is 12.6. The Hall–Kier alpha value is -2.47. The van der Waals surface area contributed by atoms with E-state index in [1.165, 1.54) is 0 Å². The maximum absolute atomic E-state index is 5.62. The monoisotopic (exact) mass is 297 g/mol. The van der Waals surface area contributed by atoms with Gasteiger partial charge < -0.3 is 10.6 Å². The van der Waals surface area contributed by atoms with Gasteiger partial charge in [-0.25, -0.2) is 9.50 Å². The standard InChI is InChI=1S/C15H15N5S/c1-10-9-13-15(17-7-8-20(13)18-10)19(2)12-5-3-11(4-6-12)14(16)21/h3-9H,1-2H3,(H2,16,21). The third-order valence-electron chi connectivity index (χ3n) is 3.35. The highest BCUT2D eigenvalue weighted by molar-refractivity contribution is 7.80. The maximum Gasteiger partial charge on any atom is 0.158 e. The summed E-state index contributed by atoms with van der Waals surface area (Å²) < 4.78 is 1.83. The fourth-order valence-electron chi connectivity index (χ4n) is 2.26. The van der Waals surface area contributed by atoms with Crippen LogP contribution in [0.25, 0.3) is 5.52 Å².